The van der Waals surface area contributed by atoms with Crippen LogP contribution in [0.2, 0.25) is 0 Å². The van der Waals surface area contributed by atoms with Gasteiger partial charge < -0.3 is 19.9 Å². The number of amidine groups is 1. The molecule has 21 heavy (non-hydrogen) atoms. The van der Waals surface area contributed by atoms with Crippen LogP contribution in [0, 0.1) is 5.41 Å². The van der Waals surface area contributed by atoms with Gasteiger partial charge in [-0.1, -0.05) is 0 Å². The molecule has 1 aliphatic heterocycles. The van der Waals surface area contributed by atoms with Crippen molar-refractivity contribution in [2.24, 2.45) is 5.73 Å². The molecule has 0 aliphatic carbocycles. The SMILES string of the molecule is CCOc1cc(C(=N)N)ccc1OCC1CCC(C)(C)O1. The van der Waals surface area contributed by atoms with Gasteiger partial charge in [0, 0.05) is 5.56 Å². The molecule has 1 atom stereocenters. The van der Waals surface area contributed by atoms with Crippen LogP contribution in [0.4, 0.5) is 0 Å². The molecular formula is C16H24N2O3. The Kier molecular flexibility index (Phi) is 4.73. The van der Waals surface area contributed by atoms with Crippen molar-refractivity contribution in [1.82, 2.24) is 0 Å². The molecule has 1 aliphatic rings. The summed E-state index contributed by atoms with van der Waals surface area (Å²) in [4.78, 5) is 0. The molecule has 116 valence electrons. The van der Waals surface area contributed by atoms with Gasteiger partial charge in [-0.3, -0.25) is 5.41 Å². The lowest BCUT2D eigenvalue weighted by Gasteiger charge is -2.20. The highest BCUT2D eigenvalue weighted by Crippen LogP contribution is 2.32. The standard InChI is InChI=1S/C16H24N2O3/c1-4-19-14-9-11(15(17)18)5-6-13(14)20-10-12-7-8-16(2,3)21-12/h5-6,9,12H,4,7-8,10H2,1-3H3,(H3,17,18). The van der Waals surface area contributed by atoms with E-state index in [0.29, 0.717) is 30.3 Å². The molecule has 1 fully saturated rings. The van der Waals surface area contributed by atoms with Crippen LogP contribution >= 0.6 is 0 Å². The summed E-state index contributed by atoms with van der Waals surface area (Å²) in [5.74, 6) is 1.29. The van der Waals surface area contributed by atoms with Crippen molar-refractivity contribution in [3.8, 4) is 11.5 Å². The molecule has 1 aromatic rings. The van der Waals surface area contributed by atoms with Crippen LogP contribution in [0.25, 0.3) is 0 Å². The van der Waals surface area contributed by atoms with E-state index in [2.05, 4.69) is 13.8 Å². The zero-order valence-electron chi connectivity index (χ0n) is 12.9. The topological polar surface area (TPSA) is 77.6 Å². The molecule has 1 saturated heterocycles. The molecule has 1 unspecified atom stereocenters. The fourth-order valence-electron chi connectivity index (χ4n) is 2.44. The second-order valence-electron chi connectivity index (χ2n) is 5.86. The fourth-order valence-corrected chi connectivity index (χ4v) is 2.44. The van der Waals surface area contributed by atoms with Gasteiger partial charge in [-0.2, -0.15) is 0 Å². The fraction of sp³-hybridized carbons (Fsp3) is 0.562. The summed E-state index contributed by atoms with van der Waals surface area (Å²) in [6.45, 7) is 7.14. The molecule has 3 N–H and O–H groups in total. The maximum atomic E-state index is 7.48. The van der Waals surface area contributed by atoms with Crippen LogP contribution in [0.1, 0.15) is 39.2 Å². The minimum absolute atomic E-state index is 0.0170. The highest BCUT2D eigenvalue weighted by Gasteiger charge is 2.32. The highest BCUT2D eigenvalue weighted by molar-refractivity contribution is 5.95. The van der Waals surface area contributed by atoms with Crippen molar-refractivity contribution >= 4 is 5.84 Å². The van der Waals surface area contributed by atoms with Gasteiger partial charge in [0.05, 0.1) is 18.3 Å². The molecule has 5 heteroatoms. The number of ether oxygens (including phenoxy) is 3. The number of hydrogen-bond donors (Lipinski definition) is 2. The minimum atomic E-state index is -0.0603. The second kappa shape index (κ2) is 6.35. The van der Waals surface area contributed by atoms with Crippen LogP contribution in [-0.4, -0.2) is 30.8 Å². The van der Waals surface area contributed by atoms with E-state index in [9.17, 15) is 0 Å². The van der Waals surface area contributed by atoms with E-state index in [1.165, 1.54) is 0 Å². The largest absolute Gasteiger partial charge is 0.490 e. The Morgan fingerprint density at radius 3 is 2.71 bits per heavy atom. The minimum Gasteiger partial charge on any atom is -0.490 e. The first-order valence-electron chi connectivity index (χ1n) is 7.33. The Morgan fingerprint density at radius 2 is 2.14 bits per heavy atom. The molecule has 2 rings (SSSR count). The summed E-state index contributed by atoms with van der Waals surface area (Å²) < 4.78 is 17.3. The van der Waals surface area contributed by atoms with Crippen molar-refractivity contribution in [3.63, 3.8) is 0 Å². The van der Waals surface area contributed by atoms with Crippen LogP contribution in [0.3, 0.4) is 0 Å². The first kappa shape index (κ1) is 15.6. The molecule has 0 spiro atoms. The zero-order chi connectivity index (χ0) is 15.5. The molecule has 0 saturated carbocycles. The molecule has 0 radical (unpaired) electrons. The Hall–Kier alpha value is -1.75. The number of benzene rings is 1. The van der Waals surface area contributed by atoms with Crippen LogP contribution < -0.4 is 15.2 Å². The van der Waals surface area contributed by atoms with Gasteiger partial charge >= 0.3 is 0 Å². The Morgan fingerprint density at radius 1 is 1.38 bits per heavy atom. The van der Waals surface area contributed by atoms with Gasteiger partial charge in [-0.25, -0.2) is 0 Å². The van der Waals surface area contributed by atoms with Crippen molar-refractivity contribution in [2.45, 2.75) is 45.3 Å². The zero-order valence-corrected chi connectivity index (χ0v) is 12.9. The predicted molar refractivity (Wildman–Crippen MR) is 82.3 cm³/mol. The summed E-state index contributed by atoms with van der Waals surface area (Å²) in [6, 6.07) is 5.29. The van der Waals surface area contributed by atoms with Crippen molar-refractivity contribution in [3.05, 3.63) is 23.8 Å². The van der Waals surface area contributed by atoms with Crippen LogP contribution in [0.15, 0.2) is 18.2 Å². The summed E-state index contributed by atoms with van der Waals surface area (Å²) in [5.41, 5.74) is 6.07. The number of hydrogen-bond acceptors (Lipinski definition) is 4. The summed E-state index contributed by atoms with van der Waals surface area (Å²) in [5, 5.41) is 7.48. The van der Waals surface area contributed by atoms with Gasteiger partial charge in [0.1, 0.15) is 12.4 Å². The lowest BCUT2D eigenvalue weighted by molar-refractivity contribution is -0.0329. The average Bonchev–Trinajstić information content (AvgIpc) is 2.77. The quantitative estimate of drug-likeness (QED) is 0.624. The smallest absolute Gasteiger partial charge is 0.161 e. The number of nitrogens with one attached hydrogen (secondary N) is 1. The first-order valence-corrected chi connectivity index (χ1v) is 7.33. The van der Waals surface area contributed by atoms with Crippen molar-refractivity contribution < 1.29 is 14.2 Å². The molecule has 1 heterocycles. The lowest BCUT2D eigenvalue weighted by atomic mass is 10.1. The second-order valence-corrected chi connectivity index (χ2v) is 5.86. The molecule has 0 bridgehead atoms. The predicted octanol–water partition coefficient (Wildman–Crippen LogP) is 2.71. The van der Waals surface area contributed by atoms with E-state index in [0.717, 1.165) is 12.8 Å². The first-order chi connectivity index (χ1) is 9.91. The van der Waals surface area contributed by atoms with Crippen molar-refractivity contribution in [2.75, 3.05) is 13.2 Å². The molecule has 0 aromatic heterocycles. The molecule has 5 nitrogen and oxygen atoms in total. The Bertz CT molecular complexity index is 514. The molecule has 1 aromatic carbocycles. The van der Waals surface area contributed by atoms with E-state index in [-0.39, 0.29) is 17.5 Å². The van der Waals surface area contributed by atoms with Gasteiger partial charge in [0.15, 0.2) is 11.5 Å². The van der Waals surface area contributed by atoms with E-state index >= 15 is 0 Å². The van der Waals surface area contributed by atoms with Crippen molar-refractivity contribution in [1.29, 1.82) is 5.41 Å². The third kappa shape index (κ3) is 4.11. The van der Waals surface area contributed by atoms with Gasteiger partial charge in [-0.15, -0.1) is 0 Å². The molecule has 0 amide bonds. The Labute approximate surface area is 125 Å². The normalized spacial score (nSPS) is 20.2. The average molecular weight is 292 g/mol. The van der Waals surface area contributed by atoms with Gasteiger partial charge in [0.25, 0.3) is 0 Å². The maximum Gasteiger partial charge on any atom is 0.161 e. The maximum absolute atomic E-state index is 7.48. The summed E-state index contributed by atoms with van der Waals surface area (Å²) in [7, 11) is 0. The monoisotopic (exact) mass is 292 g/mol. The van der Waals surface area contributed by atoms with Crippen LogP contribution in [-0.2, 0) is 4.74 Å². The number of nitrogens with two attached hydrogens (primary N) is 1. The summed E-state index contributed by atoms with van der Waals surface area (Å²) in [6.07, 6.45) is 2.16. The third-order valence-corrected chi connectivity index (χ3v) is 3.53. The van der Waals surface area contributed by atoms with Gasteiger partial charge in [-0.05, 0) is 51.8 Å². The van der Waals surface area contributed by atoms with E-state index in [1.54, 1.807) is 18.2 Å². The van der Waals surface area contributed by atoms with Gasteiger partial charge in [0.2, 0.25) is 0 Å². The third-order valence-electron chi connectivity index (χ3n) is 3.53. The summed E-state index contributed by atoms with van der Waals surface area (Å²) >= 11 is 0. The van der Waals surface area contributed by atoms with Crippen LogP contribution in [0.5, 0.6) is 11.5 Å². The molecular weight excluding hydrogens is 268 g/mol. The highest BCUT2D eigenvalue weighted by atomic mass is 16.6. The lowest BCUT2D eigenvalue weighted by Crippen LogP contribution is -2.24. The van der Waals surface area contributed by atoms with E-state index < -0.39 is 0 Å². The number of rotatable bonds is 6. The number of nitrogen functional groups attached to an aromatic ring is 1. The van der Waals surface area contributed by atoms with E-state index in [1.807, 2.05) is 6.92 Å². The van der Waals surface area contributed by atoms with E-state index in [4.69, 9.17) is 25.4 Å². The Balaban J connectivity index is 2.03.